The Bertz CT molecular complexity index is 860. The Balaban J connectivity index is 1.37. The molecule has 0 unspecified atom stereocenters. The number of hydrogen-bond donors (Lipinski definition) is 1. The highest BCUT2D eigenvalue weighted by Gasteiger charge is 2.13. The number of benzene rings is 2. The summed E-state index contributed by atoms with van der Waals surface area (Å²) in [5, 5.41) is 4.53. The second-order valence-corrected chi connectivity index (χ2v) is 6.89. The van der Waals surface area contributed by atoms with Crippen molar-refractivity contribution < 1.29 is 9.47 Å². The molecule has 0 fully saturated rings. The fourth-order valence-corrected chi connectivity index (χ4v) is 3.57. The summed E-state index contributed by atoms with van der Waals surface area (Å²) < 4.78 is 10.7. The summed E-state index contributed by atoms with van der Waals surface area (Å²) in [6.45, 7) is 3.95. The van der Waals surface area contributed by atoms with Gasteiger partial charge in [0.05, 0.1) is 4.88 Å². The molecule has 24 heavy (non-hydrogen) atoms. The maximum Gasteiger partial charge on any atom is 0.231 e. The van der Waals surface area contributed by atoms with Crippen LogP contribution in [-0.2, 0) is 13.1 Å². The van der Waals surface area contributed by atoms with Gasteiger partial charge in [0.2, 0.25) is 6.79 Å². The topological polar surface area (TPSA) is 43.4 Å². The number of hydrogen-bond acceptors (Lipinski definition) is 5. The van der Waals surface area contributed by atoms with E-state index < -0.39 is 0 Å². The lowest BCUT2D eigenvalue weighted by atomic mass is 10.1. The van der Waals surface area contributed by atoms with E-state index in [2.05, 4.69) is 47.6 Å². The van der Waals surface area contributed by atoms with Gasteiger partial charge in [-0.3, -0.25) is 0 Å². The van der Waals surface area contributed by atoms with E-state index in [0.717, 1.165) is 29.6 Å². The molecular formula is C19H18N2O2S. The number of nitrogens with one attached hydrogen (secondary N) is 1. The number of aromatic nitrogens is 1. The Morgan fingerprint density at radius 2 is 2.00 bits per heavy atom. The van der Waals surface area contributed by atoms with Crippen molar-refractivity contribution in [2.45, 2.75) is 20.0 Å². The van der Waals surface area contributed by atoms with Crippen molar-refractivity contribution >= 4 is 11.3 Å². The minimum absolute atomic E-state index is 0.313. The predicted molar refractivity (Wildman–Crippen MR) is 95.4 cm³/mol. The van der Waals surface area contributed by atoms with Crippen molar-refractivity contribution in [2.75, 3.05) is 6.79 Å². The lowest BCUT2D eigenvalue weighted by molar-refractivity contribution is 0.174. The minimum Gasteiger partial charge on any atom is -0.454 e. The van der Waals surface area contributed by atoms with Crippen LogP contribution in [0.15, 0.2) is 48.7 Å². The van der Waals surface area contributed by atoms with Crippen molar-refractivity contribution in [1.82, 2.24) is 10.3 Å². The highest BCUT2D eigenvalue weighted by molar-refractivity contribution is 7.15. The summed E-state index contributed by atoms with van der Waals surface area (Å²) in [4.78, 5) is 5.73. The molecule has 0 aliphatic carbocycles. The summed E-state index contributed by atoms with van der Waals surface area (Å²) in [7, 11) is 0. The molecule has 1 aromatic heterocycles. The number of nitrogens with zero attached hydrogens (tertiary/aromatic N) is 1. The summed E-state index contributed by atoms with van der Waals surface area (Å²) in [6.07, 6.45) is 1.96. The van der Waals surface area contributed by atoms with Gasteiger partial charge in [0.15, 0.2) is 11.5 Å². The van der Waals surface area contributed by atoms with Crippen LogP contribution in [0.2, 0.25) is 0 Å². The standard InChI is InChI=1S/C19H18N2O2S/c1-13-3-2-4-15(7-13)18-10-21-19(24-18)11-20-9-14-5-6-16-17(8-14)23-12-22-16/h2-8,10,20H,9,11-12H2,1H3. The van der Waals surface area contributed by atoms with E-state index >= 15 is 0 Å². The zero-order valence-electron chi connectivity index (χ0n) is 13.4. The van der Waals surface area contributed by atoms with Crippen LogP contribution in [0.5, 0.6) is 11.5 Å². The average molecular weight is 338 g/mol. The van der Waals surface area contributed by atoms with E-state index in [0.29, 0.717) is 6.79 Å². The summed E-state index contributed by atoms with van der Waals surface area (Å²) in [5.74, 6) is 1.65. The first kappa shape index (κ1) is 15.2. The molecule has 1 N–H and O–H groups in total. The van der Waals surface area contributed by atoms with Crippen LogP contribution in [-0.4, -0.2) is 11.8 Å². The lowest BCUT2D eigenvalue weighted by Crippen LogP contribution is -2.12. The predicted octanol–water partition coefficient (Wildman–Crippen LogP) is 4.14. The summed E-state index contributed by atoms with van der Waals surface area (Å²) >= 11 is 1.73. The minimum atomic E-state index is 0.313. The van der Waals surface area contributed by atoms with E-state index in [1.54, 1.807) is 11.3 Å². The Labute approximate surface area is 145 Å². The van der Waals surface area contributed by atoms with Gasteiger partial charge >= 0.3 is 0 Å². The van der Waals surface area contributed by atoms with Crippen molar-refractivity contribution in [3.8, 4) is 21.9 Å². The molecule has 0 saturated carbocycles. The molecule has 0 saturated heterocycles. The molecule has 0 atom stereocenters. The quantitative estimate of drug-likeness (QED) is 0.759. The fourth-order valence-electron chi connectivity index (χ4n) is 2.69. The third-order valence-corrected chi connectivity index (χ3v) is 4.94. The van der Waals surface area contributed by atoms with Gasteiger partial charge in [-0.05, 0) is 30.2 Å². The Morgan fingerprint density at radius 1 is 1.08 bits per heavy atom. The molecule has 0 bridgehead atoms. The van der Waals surface area contributed by atoms with Crippen molar-refractivity contribution in [3.63, 3.8) is 0 Å². The maximum absolute atomic E-state index is 5.41. The van der Waals surface area contributed by atoms with Gasteiger partial charge < -0.3 is 14.8 Å². The van der Waals surface area contributed by atoms with Crippen LogP contribution in [0, 0.1) is 6.92 Å². The summed E-state index contributed by atoms with van der Waals surface area (Å²) in [6, 6.07) is 14.6. The van der Waals surface area contributed by atoms with Crippen molar-refractivity contribution in [3.05, 3.63) is 64.8 Å². The van der Waals surface area contributed by atoms with Crippen LogP contribution in [0.25, 0.3) is 10.4 Å². The first-order valence-electron chi connectivity index (χ1n) is 7.89. The van der Waals surface area contributed by atoms with Crippen molar-refractivity contribution in [2.24, 2.45) is 0 Å². The molecule has 0 amide bonds. The third kappa shape index (κ3) is 3.27. The maximum atomic E-state index is 5.41. The van der Waals surface area contributed by atoms with Gasteiger partial charge in [-0.1, -0.05) is 35.9 Å². The van der Waals surface area contributed by atoms with E-state index in [1.165, 1.54) is 21.6 Å². The largest absolute Gasteiger partial charge is 0.454 e. The van der Waals surface area contributed by atoms with Crippen LogP contribution in [0.3, 0.4) is 0 Å². The molecular weight excluding hydrogens is 320 g/mol. The Kier molecular flexibility index (Phi) is 4.19. The number of thiazole rings is 1. The number of fused-ring (bicyclic) bond motifs is 1. The molecule has 2 aromatic carbocycles. The fraction of sp³-hybridized carbons (Fsp3) is 0.211. The smallest absolute Gasteiger partial charge is 0.231 e. The van der Waals surface area contributed by atoms with Gasteiger partial charge in [-0.25, -0.2) is 4.98 Å². The van der Waals surface area contributed by atoms with Gasteiger partial charge in [-0.2, -0.15) is 0 Å². The normalized spacial score (nSPS) is 12.5. The molecule has 0 radical (unpaired) electrons. The molecule has 1 aliphatic heterocycles. The lowest BCUT2D eigenvalue weighted by Gasteiger charge is -2.04. The van der Waals surface area contributed by atoms with E-state index in [-0.39, 0.29) is 0 Å². The molecule has 4 rings (SSSR count). The van der Waals surface area contributed by atoms with Crippen LogP contribution in [0.4, 0.5) is 0 Å². The third-order valence-electron chi connectivity index (χ3n) is 3.90. The molecule has 2 heterocycles. The molecule has 3 aromatic rings. The second-order valence-electron chi connectivity index (χ2n) is 5.78. The number of aryl methyl sites for hydroxylation is 1. The molecule has 4 nitrogen and oxygen atoms in total. The molecule has 0 spiro atoms. The van der Waals surface area contributed by atoms with Gasteiger partial charge in [0.1, 0.15) is 5.01 Å². The monoisotopic (exact) mass is 338 g/mol. The van der Waals surface area contributed by atoms with Gasteiger partial charge in [-0.15, -0.1) is 11.3 Å². The van der Waals surface area contributed by atoms with Crippen LogP contribution >= 0.6 is 11.3 Å². The van der Waals surface area contributed by atoms with Gasteiger partial charge in [0.25, 0.3) is 0 Å². The molecule has 1 aliphatic rings. The highest BCUT2D eigenvalue weighted by Crippen LogP contribution is 2.32. The van der Waals surface area contributed by atoms with Crippen LogP contribution in [0.1, 0.15) is 16.1 Å². The summed E-state index contributed by atoms with van der Waals surface area (Å²) in [5.41, 5.74) is 3.67. The van der Waals surface area contributed by atoms with Crippen molar-refractivity contribution in [1.29, 1.82) is 0 Å². The molecule has 122 valence electrons. The average Bonchev–Trinajstić information content (AvgIpc) is 3.23. The zero-order chi connectivity index (χ0) is 16.4. The van der Waals surface area contributed by atoms with Gasteiger partial charge in [0, 0.05) is 19.3 Å². The molecule has 5 heteroatoms. The SMILES string of the molecule is Cc1cccc(-c2cnc(CNCc3ccc4c(c3)OCO4)s2)c1. The second kappa shape index (κ2) is 6.63. The highest BCUT2D eigenvalue weighted by atomic mass is 32.1. The van der Waals surface area contributed by atoms with E-state index in [9.17, 15) is 0 Å². The first-order chi connectivity index (χ1) is 11.8. The zero-order valence-corrected chi connectivity index (χ0v) is 14.2. The Hall–Kier alpha value is -2.37. The number of rotatable bonds is 5. The number of ether oxygens (including phenoxy) is 2. The van der Waals surface area contributed by atoms with Crippen LogP contribution < -0.4 is 14.8 Å². The van der Waals surface area contributed by atoms with E-state index in [1.807, 2.05) is 18.3 Å². The first-order valence-corrected chi connectivity index (χ1v) is 8.70. The Morgan fingerprint density at radius 3 is 2.92 bits per heavy atom. The van der Waals surface area contributed by atoms with E-state index in [4.69, 9.17) is 9.47 Å².